The lowest BCUT2D eigenvalue weighted by Crippen LogP contribution is -2.44. The van der Waals surface area contributed by atoms with Gasteiger partial charge in [0.2, 0.25) is 0 Å². The number of hydrogen-bond acceptors (Lipinski definition) is 1. The molecule has 0 rings (SSSR count). The van der Waals surface area contributed by atoms with Crippen LogP contribution in [0.15, 0.2) is 0 Å². The third-order valence-electron chi connectivity index (χ3n) is 4.04. The number of hydrogen-bond donors (Lipinski definition) is 1. The van der Waals surface area contributed by atoms with Crippen molar-refractivity contribution in [1.82, 2.24) is 0 Å². The van der Waals surface area contributed by atoms with Gasteiger partial charge in [0.25, 0.3) is 0 Å². The lowest BCUT2D eigenvalue weighted by atomic mass is 9.30. The quantitative estimate of drug-likeness (QED) is 0.668. The van der Waals surface area contributed by atoms with Gasteiger partial charge in [-0.05, 0) is 17.8 Å². The highest BCUT2D eigenvalue weighted by Gasteiger charge is 2.30. The van der Waals surface area contributed by atoms with Gasteiger partial charge in [-0.25, -0.2) is 0 Å². The molecule has 0 radical (unpaired) electrons. The van der Waals surface area contributed by atoms with E-state index >= 15 is 0 Å². The van der Waals surface area contributed by atoms with E-state index in [1.165, 1.54) is 19.0 Å². The molecule has 0 spiro atoms. The molecule has 2 atom stereocenters. The summed E-state index contributed by atoms with van der Waals surface area (Å²) < 4.78 is 0. The van der Waals surface area contributed by atoms with Gasteiger partial charge in [-0.2, -0.15) is 0 Å². The highest BCUT2D eigenvalue weighted by Crippen LogP contribution is 2.34. The smallest absolute Gasteiger partial charge is 0.145 e. The summed E-state index contributed by atoms with van der Waals surface area (Å²) in [6.07, 6.45) is 4.95. The van der Waals surface area contributed by atoms with Crippen molar-refractivity contribution in [2.45, 2.75) is 84.6 Å². The maximum absolute atomic E-state index is 6.35. The van der Waals surface area contributed by atoms with Crippen LogP contribution in [0.3, 0.4) is 0 Å². The molecule has 0 heterocycles. The van der Waals surface area contributed by atoms with Crippen LogP contribution in [0.1, 0.15) is 54.9 Å². The topological polar surface area (TPSA) is 26.0 Å². The molecule has 3 heteroatoms. The normalized spacial score (nSPS) is 17.4. The van der Waals surface area contributed by atoms with Crippen LogP contribution >= 0.6 is 0 Å². The predicted molar refractivity (Wildman–Crippen MR) is 84.8 cm³/mol. The molecular weight excluding hydrogens is 204 g/mol. The van der Waals surface area contributed by atoms with Gasteiger partial charge in [-0.3, -0.25) is 0 Å². The first-order valence-electron chi connectivity index (χ1n) is 7.41. The van der Waals surface area contributed by atoms with E-state index in [9.17, 15) is 0 Å². The van der Waals surface area contributed by atoms with E-state index in [-0.39, 0.29) is 5.44 Å². The zero-order valence-electron chi connectivity index (χ0n) is 13.3. The first-order valence-corrected chi connectivity index (χ1v) is 7.41. The first kappa shape index (κ1) is 17.1. The van der Waals surface area contributed by atoms with Gasteiger partial charge in [0, 0.05) is 0 Å². The zero-order chi connectivity index (χ0) is 13.7. The molecule has 0 bridgehead atoms. The number of rotatable bonds is 7. The highest BCUT2D eigenvalue weighted by molar-refractivity contribution is 6.62. The SMILES string of the molecule is CCBC(C)(N)CC(C)CB(CC)C(C)(C)C. The molecule has 0 aliphatic heterocycles. The van der Waals surface area contributed by atoms with Crippen LogP contribution in [-0.2, 0) is 0 Å². The second-order valence-corrected chi connectivity index (χ2v) is 7.42. The summed E-state index contributed by atoms with van der Waals surface area (Å²) in [5.41, 5.74) is 6.39. The van der Waals surface area contributed by atoms with Gasteiger partial charge in [0.15, 0.2) is 0 Å². The van der Waals surface area contributed by atoms with E-state index in [0.717, 1.165) is 26.3 Å². The van der Waals surface area contributed by atoms with E-state index in [1.807, 2.05) is 0 Å². The van der Waals surface area contributed by atoms with Crippen molar-refractivity contribution in [2.75, 3.05) is 0 Å². The monoisotopic (exact) mass is 237 g/mol. The molecule has 100 valence electrons. The van der Waals surface area contributed by atoms with Crippen LogP contribution in [-0.4, -0.2) is 19.4 Å². The van der Waals surface area contributed by atoms with Gasteiger partial charge in [-0.1, -0.05) is 72.7 Å². The van der Waals surface area contributed by atoms with Crippen molar-refractivity contribution in [1.29, 1.82) is 0 Å². The van der Waals surface area contributed by atoms with Crippen molar-refractivity contribution in [3.8, 4) is 0 Å². The molecule has 17 heavy (non-hydrogen) atoms. The van der Waals surface area contributed by atoms with E-state index in [4.69, 9.17) is 5.73 Å². The third-order valence-corrected chi connectivity index (χ3v) is 4.04. The minimum atomic E-state index is 0.0321. The molecule has 0 aliphatic carbocycles. The number of nitrogens with two attached hydrogens (primary N) is 1. The molecule has 0 aromatic carbocycles. The van der Waals surface area contributed by atoms with Crippen LogP contribution in [0.5, 0.6) is 0 Å². The molecule has 2 unspecified atom stereocenters. The molecule has 0 saturated heterocycles. The minimum absolute atomic E-state index is 0.0321. The fraction of sp³-hybridized carbons (Fsp3) is 1.00. The molecule has 2 N–H and O–H groups in total. The first-order chi connectivity index (χ1) is 7.62. The summed E-state index contributed by atoms with van der Waals surface area (Å²) in [6.45, 7) is 17.0. The molecule has 0 amide bonds. The standard InChI is InChI=1S/C14H33B2N/c1-8-15-14(7,17)10-12(3)11-16(9-2)13(4,5)6/h12,15H,8-11,17H2,1-7H3. The molecular formula is C14H33B2N. The average Bonchev–Trinajstić information content (AvgIpc) is 2.11. The molecule has 0 aliphatic rings. The minimum Gasteiger partial charge on any atom is -0.332 e. The summed E-state index contributed by atoms with van der Waals surface area (Å²) in [5, 5.41) is 0.429. The van der Waals surface area contributed by atoms with Crippen LogP contribution in [0.4, 0.5) is 0 Å². The maximum Gasteiger partial charge on any atom is 0.145 e. The largest absolute Gasteiger partial charge is 0.332 e. The molecule has 0 aromatic heterocycles. The van der Waals surface area contributed by atoms with Crippen LogP contribution < -0.4 is 5.73 Å². The van der Waals surface area contributed by atoms with Gasteiger partial charge in [0.05, 0.1) is 0 Å². The van der Waals surface area contributed by atoms with Gasteiger partial charge in [-0.15, -0.1) is 0 Å². The van der Waals surface area contributed by atoms with Crippen molar-refractivity contribution < 1.29 is 0 Å². The van der Waals surface area contributed by atoms with Crippen LogP contribution in [0.25, 0.3) is 0 Å². The van der Waals surface area contributed by atoms with Gasteiger partial charge < -0.3 is 5.73 Å². The van der Waals surface area contributed by atoms with Crippen molar-refractivity contribution in [3.05, 3.63) is 0 Å². The Morgan fingerprint density at radius 2 is 1.71 bits per heavy atom. The van der Waals surface area contributed by atoms with Crippen molar-refractivity contribution in [3.63, 3.8) is 0 Å². The van der Waals surface area contributed by atoms with E-state index in [0.29, 0.717) is 5.31 Å². The summed E-state index contributed by atoms with van der Waals surface area (Å²) in [4.78, 5) is 0. The average molecular weight is 237 g/mol. The van der Waals surface area contributed by atoms with Crippen molar-refractivity contribution >= 4 is 14.0 Å². The Balaban J connectivity index is 4.29. The van der Waals surface area contributed by atoms with Crippen LogP contribution in [0, 0.1) is 5.92 Å². The zero-order valence-corrected chi connectivity index (χ0v) is 13.3. The second kappa shape index (κ2) is 6.87. The Labute approximate surface area is 111 Å². The van der Waals surface area contributed by atoms with E-state index in [2.05, 4.69) is 48.5 Å². The summed E-state index contributed by atoms with van der Waals surface area (Å²) >= 11 is 0. The summed E-state index contributed by atoms with van der Waals surface area (Å²) in [6, 6.07) is 0. The lowest BCUT2D eigenvalue weighted by molar-refractivity contribution is 0.467. The summed E-state index contributed by atoms with van der Waals surface area (Å²) in [5.74, 6) is 0.737. The summed E-state index contributed by atoms with van der Waals surface area (Å²) in [7, 11) is 1.14. The van der Waals surface area contributed by atoms with Crippen molar-refractivity contribution in [2.24, 2.45) is 11.7 Å². The van der Waals surface area contributed by atoms with E-state index < -0.39 is 0 Å². The maximum atomic E-state index is 6.35. The Kier molecular flexibility index (Phi) is 6.91. The Morgan fingerprint density at radius 3 is 2.06 bits per heavy atom. The highest BCUT2D eigenvalue weighted by atomic mass is 14.7. The van der Waals surface area contributed by atoms with Crippen LogP contribution in [0.2, 0.25) is 24.3 Å². The van der Waals surface area contributed by atoms with E-state index in [1.54, 1.807) is 0 Å². The fourth-order valence-electron chi connectivity index (χ4n) is 3.17. The Bertz CT molecular complexity index is 209. The molecule has 0 saturated carbocycles. The Hall–Kier alpha value is 0.0899. The molecule has 1 nitrogen and oxygen atoms in total. The molecule has 0 fully saturated rings. The van der Waals surface area contributed by atoms with Gasteiger partial charge in [0.1, 0.15) is 14.0 Å². The predicted octanol–water partition coefficient (Wildman–Crippen LogP) is 3.88. The Morgan fingerprint density at radius 1 is 1.18 bits per heavy atom. The van der Waals surface area contributed by atoms with Gasteiger partial charge >= 0.3 is 0 Å². The third kappa shape index (κ3) is 7.18. The fourth-order valence-corrected chi connectivity index (χ4v) is 3.17. The lowest BCUT2D eigenvalue weighted by Gasteiger charge is -2.32. The second-order valence-electron chi connectivity index (χ2n) is 7.42. The molecule has 0 aromatic rings.